The minimum absolute atomic E-state index is 0.301. The van der Waals surface area contributed by atoms with Crippen LogP contribution >= 0.6 is 23.4 Å². The van der Waals surface area contributed by atoms with Gasteiger partial charge in [0.2, 0.25) is 0 Å². The van der Waals surface area contributed by atoms with Gasteiger partial charge in [-0.2, -0.15) is 0 Å². The number of rotatable bonds is 8. The zero-order valence-corrected chi connectivity index (χ0v) is 17.1. The summed E-state index contributed by atoms with van der Waals surface area (Å²) in [6.07, 6.45) is 1.84. The van der Waals surface area contributed by atoms with Gasteiger partial charge in [0.25, 0.3) is 0 Å². The van der Waals surface area contributed by atoms with E-state index in [9.17, 15) is 0 Å². The minimum atomic E-state index is 0.301. The van der Waals surface area contributed by atoms with Crippen molar-refractivity contribution in [2.24, 2.45) is 0 Å². The Balaban J connectivity index is 1.73. The van der Waals surface area contributed by atoms with Crippen molar-refractivity contribution in [1.29, 1.82) is 0 Å². The summed E-state index contributed by atoms with van der Waals surface area (Å²) in [6.45, 7) is 8.90. The van der Waals surface area contributed by atoms with Crippen molar-refractivity contribution in [2.45, 2.75) is 37.9 Å². The number of hydrogen-bond donors (Lipinski definition) is 0. The van der Waals surface area contributed by atoms with Crippen molar-refractivity contribution in [3.05, 3.63) is 82.7 Å². The highest BCUT2D eigenvalue weighted by molar-refractivity contribution is 7.98. The van der Waals surface area contributed by atoms with Crippen molar-refractivity contribution < 1.29 is 4.74 Å². The minimum Gasteiger partial charge on any atom is -0.484 e. The predicted molar refractivity (Wildman–Crippen MR) is 111 cm³/mol. The zero-order chi connectivity index (χ0) is 19.2. The molecule has 140 valence electrons. The lowest BCUT2D eigenvalue weighted by atomic mass is 10.1. The molecule has 0 saturated carbocycles. The number of halogens is 1. The number of benzene rings is 2. The molecule has 0 saturated heterocycles. The maximum absolute atomic E-state index is 6.21. The average Bonchev–Trinajstić information content (AvgIpc) is 3.04. The van der Waals surface area contributed by atoms with Crippen molar-refractivity contribution in [3.8, 4) is 5.75 Å². The summed E-state index contributed by atoms with van der Waals surface area (Å²) in [7, 11) is 0. The van der Waals surface area contributed by atoms with Crippen molar-refractivity contribution in [3.63, 3.8) is 0 Å². The fourth-order valence-corrected chi connectivity index (χ4v) is 3.84. The summed E-state index contributed by atoms with van der Waals surface area (Å²) in [5.41, 5.74) is 3.66. The highest BCUT2D eigenvalue weighted by Crippen LogP contribution is 2.27. The van der Waals surface area contributed by atoms with Gasteiger partial charge in [0.05, 0.1) is 5.02 Å². The van der Waals surface area contributed by atoms with E-state index in [0.717, 1.165) is 22.3 Å². The second kappa shape index (κ2) is 9.11. The van der Waals surface area contributed by atoms with E-state index >= 15 is 0 Å². The fourth-order valence-electron chi connectivity index (χ4n) is 2.62. The van der Waals surface area contributed by atoms with Crippen LogP contribution in [0.3, 0.4) is 0 Å². The highest BCUT2D eigenvalue weighted by Gasteiger charge is 2.14. The van der Waals surface area contributed by atoms with E-state index in [1.807, 2.05) is 35.8 Å². The highest BCUT2D eigenvalue weighted by atomic mass is 35.5. The molecule has 27 heavy (non-hydrogen) atoms. The number of hydrogen-bond acceptors (Lipinski definition) is 4. The molecule has 4 nitrogen and oxygen atoms in total. The quantitative estimate of drug-likeness (QED) is 0.365. The maximum Gasteiger partial charge on any atom is 0.191 e. The third-order valence-electron chi connectivity index (χ3n) is 4.17. The SMILES string of the molecule is C=CCn1c(COc2cc(C)ccc2Cl)nnc1SCc1ccccc1C. The Hall–Kier alpha value is -2.24. The van der Waals surface area contributed by atoms with Crippen LogP contribution in [0.5, 0.6) is 5.75 Å². The first-order chi connectivity index (χ1) is 13.1. The van der Waals surface area contributed by atoms with Gasteiger partial charge in [0.15, 0.2) is 11.0 Å². The molecule has 0 atom stereocenters. The summed E-state index contributed by atoms with van der Waals surface area (Å²) in [5.74, 6) is 2.24. The van der Waals surface area contributed by atoms with Gasteiger partial charge in [-0.3, -0.25) is 4.57 Å². The van der Waals surface area contributed by atoms with Gasteiger partial charge in [-0.25, -0.2) is 0 Å². The molecule has 0 aliphatic rings. The average molecular weight is 400 g/mol. The third kappa shape index (κ3) is 4.93. The predicted octanol–water partition coefficient (Wildman–Crippen LogP) is 5.61. The van der Waals surface area contributed by atoms with Gasteiger partial charge in [0.1, 0.15) is 12.4 Å². The lowest BCUT2D eigenvalue weighted by Crippen LogP contribution is -2.08. The Morgan fingerprint density at radius 1 is 1.19 bits per heavy atom. The first-order valence-corrected chi connectivity index (χ1v) is 10.0. The van der Waals surface area contributed by atoms with Gasteiger partial charge in [0, 0.05) is 12.3 Å². The zero-order valence-electron chi connectivity index (χ0n) is 15.5. The van der Waals surface area contributed by atoms with Crippen LogP contribution in [0.25, 0.3) is 0 Å². The van der Waals surface area contributed by atoms with Crippen LogP contribution in [-0.2, 0) is 18.9 Å². The molecule has 2 aromatic carbocycles. The number of thioether (sulfide) groups is 1. The number of allylic oxidation sites excluding steroid dienone is 1. The summed E-state index contributed by atoms with van der Waals surface area (Å²) in [4.78, 5) is 0. The van der Waals surface area contributed by atoms with E-state index in [0.29, 0.717) is 23.9 Å². The second-order valence-corrected chi connectivity index (χ2v) is 7.59. The molecule has 0 aliphatic heterocycles. The molecule has 6 heteroatoms. The summed E-state index contributed by atoms with van der Waals surface area (Å²) in [5, 5.41) is 10.1. The molecule has 0 radical (unpaired) electrons. The van der Waals surface area contributed by atoms with Crippen LogP contribution in [0.4, 0.5) is 0 Å². The maximum atomic E-state index is 6.21. The van der Waals surface area contributed by atoms with Crippen LogP contribution in [0.2, 0.25) is 5.02 Å². The molecule has 0 unspecified atom stereocenters. The van der Waals surface area contributed by atoms with E-state index in [2.05, 4.69) is 48.0 Å². The molecule has 0 N–H and O–H groups in total. The number of nitrogens with zero attached hydrogens (tertiary/aromatic N) is 3. The standard InChI is InChI=1S/C21H22ClN3OS/c1-4-11-25-20(13-26-19-12-15(2)9-10-18(19)22)23-24-21(25)27-14-17-8-6-5-7-16(17)3/h4-10,12H,1,11,13-14H2,2-3H3. The van der Waals surface area contributed by atoms with E-state index in [1.54, 1.807) is 11.8 Å². The van der Waals surface area contributed by atoms with Crippen LogP contribution in [0.15, 0.2) is 60.3 Å². The summed E-state index contributed by atoms with van der Waals surface area (Å²) < 4.78 is 7.91. The smallest absolute Gasteiger partial charge is 0.191 e. The molecule has 0 bridgehead atoms. The molecular formula is C21H22ClN3OS. The van der Waals surface area contributed by atoms with Crippen molar-refractivity contribution >= 4 is 23.4 Å². The van der Waals surface area contributed by atoms with Crippen molar-refractivity contribution in [1.82, 2.24) is 14.8 Å². The van der Waals surface area contributed by atoms with Gasteiger partial charge in [-0.05, 0) is 42.7 Å². The molecule has 1 aromatic heterocycles. The molecule has 3 aromatic rings. The monoisotopic (exact) mass is 399 g/mol. The molecule has 0 spiro atoms. The first-order valence-electron chi connectivity index (χ1n) is 8.67. The molecule has 0 fully saturated rings. The Labute approximate surface area is 169 Å². The van der Waals surface area contributed by atoms with E-state index in [-0.39, 0.29) is 0 Å². The Kier molecular flexibility index (Phi) is 6.58. The van der Waals surface area contributed by atoms with Crippen LogP contribution < -0.4 is 4.74 Å². The van der Waals surface area contributed by atoms with Gasteiger partial charge in [-0.1, -0.05) is 59.8 Å². The van der Waals surface area contributed by atoms with E-state index < -0.39 is 0 Å². The molecule has 0 aliphatic carbocycles. The third-order valence-corrected chi connectivity index (χ3v) is 5.49. The van der Waals surface area contributed by atoms with E-state index in [4.69, 9.17) is 16.3 Å². The number of aryl methyl sites for hydroxylation is 2. The van der Waals surface area contributed by atoms with E-state index in [1.165, 1.54) is 11.1 Å². The largest absolute Gasteiger partial charge is 0.484 e. The molecule has 3 rings (SSSR count). The summed E-state index contributed by atoms with van der Waals surface area (Å²) >= 11 is 7.88. The fraction of sp³-hybridized carbons (Fsp3) is 0.238. The van der Waals surface area contributed by atoms with Crippen LogP contribution in [-0.4, -0.2) is 14.8 Å². The van der Waals surface area contributed by atoms with Crippen molar-refractivity contribution in [2.75, 3.05) is 0 Å². The lowest BCUT2D eigenvalue weighted by Gasteiger charge is -2.11. The second-order valence-electron chi connectivity index (χ2n) is 6.24. The molecule has 1 heterocycles. The van der Waals surface area contributed by atoms with Crippen LogP contribution in [0.1, 0.15) is 22.5 Å². The van der Waals surface area contributed by atoms with Gasteiger partial charge < -0.3 is 4.74 Å². The van der Waals surface area contributed by atoms with Gasteiger partial charge in [-0.15, -0.1) is 16.8 Å². The Morgan fingerprint density at radius 2 is 2.00 bits per heavy atom. The van der Waals surface area contributed by atoms with Crippen LogP contribution in [0, 0.1) is 13.8 Å². The molecular weight excluding hydrogens is 378 g/mol. The van der Waals surface area contributed by atoms with Gasteiger partial charge >= 0.3 is 0 Å². The molecule has 0 amide bonds. The first kappa shape index (κ1) is 19.5. The normalized spacial score (nSPS) is 10.8. The number of aromatic nitrogens is 3. The number of ether oxygens (including phenoxy) is 1. The Morgan fingerprint density at radius 3 is 2.78 bits per heavy atom. The lowest BCUT2D eigenvalue weighted by molar-refractivity contribution is 0.289. The summed E-state index contributed by atoms with van der Waals surface area (Å²) in [6, 6.07) is 14.1. The topological polar surface area (TPSA) is 39.9 Å². The Bertz CT molecular complexity index is 939.